The number of piperidine rings is 1. The van der Waals surface area contributed by atoms with Crippen molar-refractivity contribution >= 4 is 5.97 Å². The molecule has 3 heterocycles. The molecule has 42 heavy (non-hydrogen) atoms. The van der Waals surface area contributed by atoms with Gasteiger partial charge < -0.3 is 19.4 Å². The molecule has 0 radical (unpaired) electrons. The second-order valence-corrected chi connectivity index (χ2v) is 13.1. The number of aliphatic carboxylic acids is 1. The van der Waals surface area contributed by atoms with Gasteiger partial charge in [0.15, 0.2) is 0 Å². The Hall–Kier alpha value is -3.38. The van der Waals surface area contributed by atoms with Gasteiger partial charge >= 0.3 is 0 Å². The number of carbonyl (C=O) groups is 1. The molecule has 1 aromatic heterocycles. The fourth-order valence-corrected chi connectivity index (χ4v) is 7.63. The molecule has 1 saturated heterocycles. The van der Waals surface area contributed by atoms with Crippen LogP contribution in [0.2, 0.25) is 0 Å². The van der Waals surface area contributed by atoms with Gasteiger partial charge in [-0.2, -0.15) is 0 Å². The Morgan fingerprint density at radius 3 is 2.71 bits per heavy atom. The third kappa shape index (κ3) is 5.30. The maximum Gasteiger partial charge on any atom is 0.213 e. The number of aromatic nitrogens is 1. The largest absolute Gasteiger partial charge is 0.550 e. The number of carboxylic acids is 1. The smallest absolute Gasteiger partial charge is 0.213 e. The van der Waals surface area contributed by atoms with Crippen molar-refractivity contribution in [3.05, 3.63) is 77.0 Å². The molecule has 7 rings (SSSR count). The Morgan fingerprint density at radius 1 is 1.10 bits per heavy atom. The van der Waals surface area contributed by atoms with E-state index in [-0.39, 0.29) is 12.0 Å². The summed E-state index contributed by atoms with van der Waals surface area (Å²) >= 11 is 0. The lowest BCUT2D eigenvalue weighted by molar-refractivity contribution is -0.311. The van der Waals surface area contributed by atoms with Gasteiger partial charge in [0.05, 0.1) is 7.11 Å². The highest BCUT2D eigenvalue weighted by molar-refractivity contribution is 5.69. The molecule has 2 aromatic carbocycles. The van der Waals surface area contributed by atoms with Crippen molar-refractivity contribution in [3.8, 4) is 22.8 Å². The molecule has 4 aliphatic rings. The number of fused-ring (bicyclic) bond motifs is 1. The third-order valence-corrected chi connectivity index (χ3v) is 10.4. The van der Waals surface area contributed by atoms with Crippen molar-refractivity contribution in [2.45, 2.75) is 88.8 Å². The van der Waals surface area contributed by atoms with Gasteiger partial charge in [0, 0.05) is 36.2 Å². The van der Waals surface area contributed by atoms with Crippen LogP contribution in [0.4, 0.5) is 0 Å². The third-order valence-electron chi connectivity index (χ3n) is 10.4. The number of likely N-dealkylation sites (tertiary alicyclic amines) is 1. The summed E-state index contributed by atoms with van der Waals surface area (Å²) < 4.78 is 12.2. The van der Waals surface area contributed by atoms with Crippen LogP contribution in [0.25, 0.3) is 11.1 Å². The zero-order valence-corrected chi connectivity index (χ0v) is 24.8. The van der Waals surface area contributed by atoms with Crippen LogP contribution in [0.15, 0.2) is 54.7 Å². The van der Waals surface area contributed by atoms with Crippen LogP contribution in [-0.2, 0) is 17.8 Å². The number of hydrogen-bond acceptors (Lipinski definition) is 6. The average molecular weight is 566 g/mol. The molecular weight excluding hydrogens is 524 g/mol. The van der Waals surface area contributed by atoms with E-state index in [0.29, 0.717) is 17.3 Å². The number of aryl methyl sites for hydroxylation is 1. The Kier molecular flexibility index (Phi) is 7.21. The number of carboxylic acid groups (broad SMARTS) is 1. The molecule has 220 valence electrons. The number of pyridine rings is 1. The van der Waals surface area contributed by atoms with Gasteiger partial charge in [0.1, 0.15) is 11.9 Å². The summed E-state index contributed by atoms with van der Waals surface area (Å²) in [5.74, 6) is 0.441. The molecule has 6 nitrogen and oxygen atoms in total. The summed E-state index contributed by atoms with van der Waals surface area (Å²) in [7, 11) is 1.66. The molecule has 0 N–H and O–H groups in total. The SMILES string of the molecule is COc1cc(-c2ccc(C3CCc4ccc([C@H](C5CC5)[C@H](C)C(=O)[O-])cc4O3)cc2CN2CCCCC23CC3)ccn1. The van der Waals surface area contributed by atoms with Gasteiger partial charge in [-0.05, 0) is 115 Å². The summed E-state index contributed by atoms with van der Waals surface area (Å²) in [4.78, 5) is 18.9. The van der Waals surface area contributed by atoms with Crippen molar-refractivity contribution in [2.75, 3.05) is 13.7 Å². The minimum atomic E-state index is -0.968. The van der Waals surface area contributed by atoms with Crippen LogP contribution in [0.5, 0.6) is 11.6 Å². The van der Waals surface area contributed by atoms with E-state index in [1.165, 1.54) is 54.4 Å². The van der Waals surface area contributed by atoms with Crippen molar-refractivity contribution in [1.82, 2.24) is 9.88 Å². The van der Waals surface area contributed by atoms with Crippen molar-refractivity contribution in [2.24, 2.45) is 11.8 Å². The lowest BCUT2D eigenvalue weighted by Crippen LogP contribution is -2.40. The Balaban J connectivity index is 1.20. The summed E-state index contributed by atoms with van der Waals surface area (Å²) in [5.41, 5.74) is 7.55. The van der Waals surface area contributed by atoms with E-state index in [0.717, 1.165) is 55.6 Å². The number of ether oxygens (including phenoxy) is 2. The van der Waals surface area contributed by atoms with Crippen LogP contribution in [0, 0.1) is 11.8 Å². The molecule has 6 heteroatoms. The summed E-state index contributed by atoms with van der Waals surface area (Å²) in [6, 6.07) is 17.3. The van der Waals surface area contributed by atoms with Crippen molar-refractivity contribution < 1.29 is 19.4 Å². The normalized spacial score (nSPS) is 22.6. The van der Waals surface area contributed by atoms with E-state index in [9.17, 15) is 9.90 Å². The average Bonchev–Trinajstić information content (AvgIpc) is 3.96. The second-order valence-electron chi connectivity index (χ2n) is 13.1. The van der Waals surface area contributed by atoms with Crippen LogP contribution >= 0.6 is 0 Å². The van der Waals surface area contributed by atoms with Gasteiger partial charge in [-0.25, -0.2) is 4.98 Å². The molecule has 3 atom stereocenters. The van der Waals surface area contributed by atoms with Gasteiger partial charge in [-0.3, -0.25) is 4.90 Å². The maximum absolute atomic E-state index is 11.8. The quantitative estimate of drug-likeness (QED) is 0.307. The first kappa shape index (κ1) is 27.5. The second kappa shape index (κ2) is 11.0. The lowest BCUT2D eigenvalue weighted by Gasteiger charge is -2.37. The number of rotatable bonds is 9. The zero-order chi connectivity index (χ0) is 28.8. The molecule has 2 aliphatic heterocycles. The van der Waals surface area contributed by atoms with E-state index in [1.54, 1.807) is 14.0 Å². The zero-order valence-electron chi connectivity index (χ0n) is 24.8. The highest BCUT2D eigenvalue weighted by atomic mass is 16.5. The maximum atomic E-state index is 11.8. The summed E-state index contributed by atoms with van der Waals surface area (Å²) in [5, 5.41) is 11.8. The Labute approximate surface area is 249 Å². The molecule has 1 unspecified atom stereocenters. The van der Waals surface area contributed by atoms with Crippen LogP contribution in [-0.4, -0.2) is 35.0 Å². The fraction of sp³-hybridized carbons (Fsp3) is 0.500. The first-order chi connectivity index (χ1) is 20.4. The fourth-order valence-electron chi connectivity index (χ4n) is 7.63. The molecule has 3 fully saturated rings. The number of benzene rings is 2. The van der Waals surface area contributed by atoms with E-state index in [2.05, 4.69) is 52.3 Å². The van der Waals surface area contributed by atoms with E-state index in [4.69, 9.17) is 9.47 Å². The predicted molar refractivity (Wildman–Crippen MR) is 160 cm³/mol. The molecule has 2 aliphatic carbocycles. The van der Waals surface area contributed by atoms with Crippen molar-refractivity contribution in [3.63, 3.8) is 0 Å². The van der Waals surface area contributed by atoms with E-state index >= 15 is 0 Å². The van der Waals surface area contributed by atoms with Gasteiger partial charge in [-0.15, -0.1) is 0 Å². The standard InChI is InChI=1S/C36H42N2O4/c1-23(35(39)40)34(25-6-7-25)28-8-5-24-10-12-31(42-32(24)20-28)27-9-11-30(26-13-17-37-33(21-26)41-2)29(19-27)22-38-18-4-3-14-36(38)15-16-36/h5,8-9,11,13,17,19-21,23,25,31,34H,3-4,6-7,10,12,14-16,18,22H2,1-2H3,(H,39,40)/p-1/t23-,31?,34-/m0/s1. The van der Waals surface area contributed by atoms with Crippen LogP contribution in [0.3, 0.4) is 0 Å². The number of carbonyl (C=O) groups excluding carboxylic acids is 1. The molecule has 2 saturated carbocycles. The molecule has 0 bridgehead atoms. The molecular formula is C36H41N2O4-. The number of hydrogen-bond donors (Lipinski definition) is 0. The summed E-state index contributed by atoms with van der Waals surface area (Å²) in [6.07, 6.45) is 12.4. The first-order valence-corrected chi connectivity index (χ1v) is 15.8. The minimum absolute atomic E-state index is 0.0215. The Bertz CT molecular complexity index is 1480. The van der Waals surface area contributed by atoms with Gasteiger partial charge in [-0.1, -0.05) is 43.7 Å². The highest BCUT2D eigenvalue weighted by Crippen LogP contribution is 2.50. The number of methoxy groups -OCH3 is 1. The van der Waals surface area contributed by atoms with E-state index < -0.39 is 11.9 Å². The topological polar surface area (TPSA) is 74.7 Å². The van der Waals surface area contributed by atoms with Crippen molar-refractivity contribution in [1.29, 1.82) is 0 Å². The van der Waals surface area contributed by atoms with Gasteiger partial charge in [0.2, 0.25) is 5.88 Å². The number of nitrogens with zero attached hydrogens (tertiary/aromatic N) is 2. The van der Waals surface area contributed by atoms with Crippen LogP contribution in [0.1, 0.15) is 92.6 Å². The highest BCUT2D eigenvalue weighted by Gasteiger charge is 2.48. The molecule has 1 spiro atoms. The molecule has 3 aromatic rings. The summed E-state index contributed by atoms with van der Waals surface area (Å²) in [6.45, 7) is 3.88. The van der Waals surface area contributed by atoms with Crippen LogP contribution < -0.4 is 14.6 Å². The van der Waals surface area contributed by atoms with E-state index in [1.807, 2.05) is 12.3 Å². The Morgan fingerprint density at radius 2 is 1.95 bits per heavy atom. The molecule has 0 amide bonds. The minimum Gasteiger partial charge on any atom is -0.550 e. The monoisotopic (exact) mass is 565 g/mol. The first-order valence-electron chi connectivity index (χ1n) is 15.8. The van der Waals surface area contributed by atoms with Gasteiger partial charge in [0.25, 0.3) is 0 Å². The predicted octanol–water partition coefficient (Wildman–Crippen LogP) is 6.22. The lowest BCUT2D eigenvalue weighted by atomic mass is 9.82.